The number of aliphatic hydroxyl groups is 1. The minimum Gasteiger partial charge on any atom is -0.507 e. The average Bonchev–Trinajstić information content (AvgIpc) is 3.10. The summed E-state index contributed by atoms with van der Waals surface area (Å²) < 4.78 is 18.8. The Bertz CT molecular complexity index is 1240. The number of amides is 1. The third-order valence-electron chi connectivity index (χ3n) is 5.86. The van der Waals surface area contributed by atoms with E-state index in [1.807, 2.05) is 13.8 Å². The molecule has 6 nitrogen and oxygen atoms in total. The lowest BCUT2D eigenvalue weighted by atomic mass is 9.95. The van der Waals surface area contributed by atoms with Gasteiger partial charge in [0.2, 0.25) is 0 Å². The van der Waals surface area contributed by atoms with E-state index in [1.54, 1.807) is 54.9 Å². The van der Waals surface area contributed by atoms with E-state index < -0.39 is 17.7 Å². The van der Waals surface area contributed by atoms with Gasteiger partial charge in [0.25, 0.3) is 11.7 Å². The topological polar surface area (TPSA) is 79.7 Å². The summed E-state index contributed by atoms with van der Waals surface area (Å²) in [5.74, 6) is -1.33. The van der Waals surface area contributed by atoms with Crippen LogP contribution in [-0.4, -0.2) is 39.8 Å². The van der Waals surface area contributed by atoms with Crippen molar-refractivity contribution in [3.63, 3.8) is 0 Å². The lowest BCUT2D eigenvalue weighted by Crippen LogP contribution is -2.31. The summed E-state index contributed by atoms with van der Waals surface area (Å²) in [6, 6.07) is 13.8. The molecule has 3 aromatic rings. The number of aromatic nitrogens is 1. The minimum absolute atomic E-state index is 0.0267. The van der Waals surface area contributed by atoms with E-state index in [0.717, 1.165) is 11.1 Å². The number of nitrogens with zero attached hydrogens (tertiary/aromatic N) is 2. The number of likely N-dealkylation sites (tertiary alicyclic amines) is 1. The predicted molar refractivity (Wildman–Crippen MR) is 126 cm³/mol. The molecule has 4 rings (SSSR count). The van der Waals surface area contributed by atoms with Crippen LogP contribution in [0.2, 0.25) is 0 Å². The number of aryl methyl sites for hydroxylation is 1. The predicted octanol–water partition coefficient (Wildman–Crippen LogP) is 4.59. The van der Waals surface area contributed by atoms with Crippen LogP contribution in [0.15, 0.2) is 72.6 Å². The summed E-state index contributed by atoms with van der Waals surface area (Å²) in [4.78, 5) is 31.7. The van der Waals surface area contributed by atoms with E-state index in [-0.39, 0.29) is 23.7 Å². The van der Waals surface area contributed by atoms with Crippen LogP contribution in [0.5, 0.6) is 5.75 Å². The Morgan fingerprint density at radius 1 is 1.09 bits per heavy atom. The summed E-state index contributed by atoms with van der Waals surface area (Å²) in [6.45, 7) is 4.47. The molecule has 0 radical (unpaired) electrons. The summed E-state index contributed by atoms with van der Waals surface area (Å²) in [6.07, 6.45) is 3.59. The van der Waals surface area contributed by atoms with Gasteiger partial charge in [-0.25, -0.2) is 4.39 Å². The summed E-state index contributed by atoms with van der Waals surface area (Å²) in [5, 5.41) is 11.2. The Labute approximate surface area is 197 Å². The molecule has 1 amide bonds. The SMILES string of the molecule is CCOc1ccc(/C(O)=C2/C(=O)C(=O)N(CCc3ccc(F)cc3)C2c2ccncc2)cc1C. The van der Waals surface area contributed by atoms with Gasteiger partial charge < -0.3 is 14.7 Å². The first-order valence-corrected chi connectivity index (χ1v) is 11.1. The van der Waals surface area contributed by atoms with E-state index in [1.165, 1.54) is 17.0 Å². The lowest BCUT2D eigenvalue weighted by molar-refractivity contribution is -0.139. The number of pyridine rings is 1. The van der Waals surface area contributed by atoms with Crippen molar-refractivity contribution < 1.29 is 23.8 Å². The number of hydrogen-bond acceptors (Lipinski definition) is 5. The van der Waals surface area contributed by atoms with Crippen molar-refractivity contribution in [1.82, 2.24) is 9.88 Å². The fraction of sp³-hybridized carbons (Fsp3) is 0.222. The Hall–Kier alpha value is -4.00. The van der Waals surface area contributed by atoms with E-state index in [0.29, 0.717) is 29.9 Å². The zero-order chi connectivity index (χ0) is 24.2. The van der Waals surface area contributed by atoms with Crippen molar-refractivity contribution in [1.29, 1.82) is 0 Å². The van der Waals surface area contributed by atoms with Gasteiger partial charge in [0.1, 0.15) is 17.3 Å². The van der Waals surface area contributed by atoms with Crippen LogP contribution in [0.25, 0.3) is 5.76 Å². The highest BCUT2D eigenvalue weighted by Crippen LogP contribution is 2.39. The van der Waals surface area contributed by atoms with Gasteiger partial charge in [0.05, 0.1) is 18.2 Å². The van der Waals surface area contributed by atoms with Crippen molar-refractivity contribution in [2.24, 2.45) is 0 Å². The van der Waals surface area contributed by atoms with Crippen molar-refractivity contribution in [3.8, 4) is 5.75 Å². The number of halogens is 1. The highest BCUT2D eigenvalue weighted by Gasteiger charge is 2.45. The van der Waals surface area contributed by atoms with Gasteiger partial charge in [-0.1, -0.05) is 12.1 Å². The molecule has 0 spiro atoms. The van der Waals surface area contributed by atoms with E-state index in [2.05, 4.69) is 4.98 Å². The molecule has 2 heterocycles. The molecule has 1 N–H and O–H groups in total. The van der Waals surface area contributed by atoms with Gasteiger partial charge in [-0.2, -0.15) is 0 Å². The molecule has 1 saturated heterocycles. The molecule has 1 atom stereocenters. The maximum Gasteiger partial charge on any atom is 0.295 e. The summed E-state index contributed by atoms with van der Waals surface area (Å²) in [5.41, 5.74) is 2.75. The maximum atomic E-state index is 13.3. The zero-order valence-corrected chi connectivity index (χ0v) is 19.0. The number of Topliss-reactive ketones (excluding diaryl/α,β-unsaturated/α-hetero) is 1. The number of ketones is 1. The maximum absolute atomic E-state index is 13.3. The molecule has 1 aliphatic rings. The molecular formula is C27H25FN2O4. The molecule has 0 bridgehead atoms. The van der Waals surface area contributed by atoms with Gasteiger partial charge in [-0.15, -0.1) is 0 Å². The Morgan fingerprint density at radius 2 is 1.79 bits per heavy atom. The van der Waals surface area contributed by atoms with Crippen LogP contribution >= 0.6 is 0 Å². The second kappa shape index (κ2) is 9.87. The fourth-order valence-corrected chi connectivity index (χ4v) is 4.17. The molecule has 34 heavy (non-hydrogen) atoms. The van der Waals surface area contributed by atoms with Crippen LogP contribution in [0.1, 0.15) is 35.2 Å². The first-order valence-electron chi connectivity index (χ1n) is 11.1. The molecule has 2 aromatic carbocycles. The Balaban J connectivity index is 1.74. The number of rotatable bonds is 7. The van der Waals surface area contributed by atoms with Crippen molar-refractivity contribution in [2.75, 3.05) is 13.2 Å². The highest BCUT2D eigenvalue weighted by atomic mass is 19.1. The highest BCUT2D eigenvalue weighted by molar-refractivity contribution is 6.46. The van der Waals surface area contributed by atoms with Crippen LogP contribution in [0.4, 0.5) is 4.39 Å². The van der Waals surface area contributed by atoms with E-state index in [4.69, 9.17) is 4.74 Å². The molecule has 7 heteroatoms. The summed E-state index contributed by atoms with van der Waals surface area (Å²) in [7, 11) is 0. The Morgan fingerprint density at radius 3 is 2.44 bits per heavy atom. The second-order valence-electron chi connectivity index (χ2n) is 8.06. The zero-order valence-electron chi connectivity index (χ0n) is 19.0. The van der Waals surface area contributed by atoms with Crippen LogP contribution in [-0.2, 0) is 16.0 Å². The number of ether oxygens (including phenoxy) is 1. The van der Waals surface area contributed by atoms with Gasteiger partial charge in [0, 0.05) is 24.5 Å². The number of carbonyl (C=O) groups is 2. The number of benzene rings is 2. The number of hydrogen-bond donors (Lipinski definition) is 1. The molecule has 1 aromatic heterocycles. The number of carbonyl (C=O) groups excluding carboxylic acids is 2. The quantitative estimate of drug-likeness (QED) is 0.317. The molecule has 0 saturated carbocycles. The second-order valence-corrected chi connectivity index (χ2v) is 8.06. The summed E-state index contributed by atoms with van der Waals surface area (Å²) >= 11 is 0. The van der Waals surface area contributed by atoms with E-state index in [9.17, 15) is 19.1 Å². The van der Waals surface area contributed by atoms with E-state index >= 15 is 0 Å². The molecule has 1 fully saturated rings. The monoisotopic (exact) mass is 460 g/mol. The van der Waals surface area contributed by atoms with Crippen LogP contribution in [0.3, 0.4) is 0 Å². The first-order chi connectivity index (χ1) is 16.4. The van der Waals surface area contributed by atoms with Crippen LogP contribution < -0.4 is 4.74 Å². The molecule has 0 aliphatic carbocycles. The largest absolute Gasteiger partial charge is 0.507 e. The standard InChI is InChI=1S/C27H25FN2O4/c1-3-34-22-9-6-20(16-17(22)2)25(31)23-24(19-10-13-29-14-11-19)30(27(33)26(23)32)15-12-18-4-7-21(28)8-5-18/h4-11,13-14,16,24,31H,3,12,15H2,1-2H3/b25-23-. The van der Waals surface area contributed by atoms with Crippen molar-refractivity contribution in [3.05, 3.63) is 101 Å². The number of aliphatic hydroxyl groups excluding tert-OH is 1. The first kappa shape index (κ1) is 23.2. The molecule has 1 aliphatic heterocycles. The Kier molecular flexibility index (Phi) is 6.72. The van der Waals surface area contributed by atoms with Gasteiger partial charge in [-0.3, -0.25) is 14.6 Å². The van der Waals surface area contributed by atoms with Crippen molar-refractivity contribution in [2.45, 2.75) is 26.3 Å². The lowest BCUT2D eigenvalue weighted by Gasteiger charge is -2.25. The van der Waals surface area contributed by atoms with Gasteiger partial charge in [0.15, 0.2) is 0 Å². The molecule has 174 valence electrons. The van der Waals surface area contributed by atoms with Gasteiger partial charge >= 0.3 is 0 Å². The third-order valence-corrected chi connectivity index (χ3v) is 5.86. The third kappa shape index (κ3) is 4.55. The van der Waals surface area contributed by atoms with Crippen molar-refractivity contribution >= 4 is 17.4 Å². The molecule has 1 unspecified atom stereocenters. The van der Waals surface area contributed by atoms with Gasteiger partial charge in [-0.05, 0) is 79.4 Å². The van der Waals surface area contributed by atoms with Crippen LogP contribution in [0, 0.1) is 12.7 Å². The average molecular weight is 461 g/mol. The fourth-order valence-electron chi connectivity index (χ4n) is 4.17. The molecular weight excluding hydrogens is 435 g/mol. The smallest absolute Gasteiger partial charge is 0.295 e. The minimum atomic E-state index is -0.768. The normalized spacial score (nSPS) is 17.3.